The summed E-state index contributed by atoms with van der Waals surface area (Å²) in [6.07, 6.45) is 3.19. The number of ether oxygens (including phenoxy) is 1. The van der Waals surface area contributed by atoms with Gasteiger partial charge in [-0.25, -0.2) is 0 Å². The van der Waals surface area contributed by atoms with Gasteiger partial charge in [-0.05, 0) is 49.8 Å². The number of hydrogen-bond acceptors (Lipinski definition) is 5. The minimum absolute atomic E-state index is 0.0698. The molecule has 1 unspecified atom stereocenters. The van der Waals surface area contributed by atoms with Crippen LogP contribution in [-0.4, -0.2) is 32.0 Å². The molecule has 1 aliphatic rings. The monoisotopic (exact) mass is 402 g/mol. The second-order valence-corrected chi connectivity index (χ2v) is 9.04. The smallest absolute Gasteiger partial charge is 0.233 e. The third-order valence-electron chi connectivity index (χ3n) is 4.62. The molecule has 1 fully saturated rings. The average molecular weight is 403 g/mol. The summed E-state index contributed by atoms with van der Waals surface area (Å²) in [5, 5.41) is 12.3. The van der Waals surface area contributed by atoms with E-state index in [0.29, 0.717) is 18.6 Å². The predicted molar refractivity (Wildman–Crippen MR) is 111 cm³/mol. The van der Waals surface area contributed by atoms with Crippen LogP contribution in [0.4, 0.5) is 0 Å². The van der Waals surface area contributed by atoms with Gasteiger partial charge in [-0.1, -0.05) is 44.7 Å². The summed E-state index contributed by atoms with van der Waals surface area (Å²) in [4.78, 5) is 12.3. The van der Waals surface area contributed by atoms with E-state index in [1.807, 2.05) is 19.1 Å². The molecule has 7 heteroatoms. The third-order valence-corrected chi connectivity index (χ3v) is 5.70. The Morgan fingerprint density at radius 2 is 1.96 bits per heavy atom. The van der Waals surface area contributed by atoms with E-state index in [1.165, 1.54) is 17.3 Å². The van der Waals surface area contributed by atoms with Crippen LogP contribution in [-0.2, 0) is 24.4 Å². The van der Waals surface area contributed by atoms with Crippen LogP contribution in [0.5, 0.6) is 5.75 Å². The molecule has 1 N–H and O–H groups in total. The molecule has 0 radical (unpaired) electrons. The SMILES string of the molecule is CCc1ccc(OCc2nnc(SC(C)C(=O)NC3CC3)n2CC(C)C)cc1. The molecule has 1 aromatic heterocycles. The van der Waals surface area contributed by atoms with Gasteiger partial charge in [0.1, 0.15) is 12.4 Å². The molecule has 1 amide bonds. The molecule has 2 aromatic rings. The van der Waals surface area contributed by atoms with Crippen molar-refractivity contribution in [3.8, 4) is 5.75 Å². The molecule has 0 aliphatic heterocycles. The van der Waals surface area contributed by atoms with E-state index in [2.05, 4.69) is 53.0 Å². The first-order valence-electron chi connectivity index (χ1n) is 10.1. The minimum Gasteiger partial charge on any atom is -0.486 e. The van der Waals surface area contributed by atoms with E-state index in [4.69, 9.17) is 4.74 Å². The molecular formula is C21H30N4O2S. The number of hydrogen-bond donors (Lipinski definition) is 1. The molecule has 0 spiro atoms. The van der Waals surface area contributed by atoms with Crippen LogP contribution in [0.15, 0.2) is 29.4 Å². The number of carbonyl (C=O) groups is 1. The van der Waals surface area contributed by atoms with Crippen LogP contribution in [0.3, 0.4) is 0 Å². The van der Waals surface area contributed by atoms with Gasteiger partial charge >= 0.3 is 0 Å². The first kappa shape index (κ1) is 20.7. The summed E-state index contributed by atoms with van der Waals surface area (Å²) >= 11 is 1.46. The maximum absolute atomic E-state index is 12.3. The molecule has 0 saturated heterocycles. The van der Waals surface area contributed by atoms with Crippen LogP contribution in [0, 0.1) is 5.92 Å². The van der Waals surface area contributed by atoms with Crippen molar-refractivity contribution < 1.29 is 9.53 Å². The molecular weight excluding hydrogens is 372 g/mol. The number of aryl methyl sites for hydroxylation is 1. The van der Waals surface area contributed by atoms with E-state index in [-0.39, 0.29) is 11.2 Å². The summed E-state index contributed by atoms with van der Waals surface area (Å²) in [5.74, 6) is 2.11. The summed E-state index contributed by atoms with van der Waals surface area (Å²) in [7, 11) is 0. The number of nitrogens with zero attached hydrogens (tertiary/aromatic N) is 3. The Morgan fingerprint density at radius 1 is 1.25 bits per heavy atom. The Hall–Kier alpha value is -2.02. The third kappa shape index (κ3) is 5.74. The Balaban J connectivity index is 1.66. The van der Waals surface area contributed by atoms with Gasteiger partial charge in [0, 0.05) is 12.6 Å². The average Bonchev–Trinajstić information content (AvgIpc) is 3.42. The van der Waals surface area contributed by atoms with Crippen molar-refractivity contribution in [2.75, 3.05) is 0 Å². The van der Waals surface area contributed by atoms with E-state index < -0.39 is 0 Å². The first-order valence-corrected chi connectivity index (χ1v) is 10.9. The van der Waals surface area contributed by atoms with Crippen molar-refractivity contribution in [1.29, 1.82) is 0 Å². The van der Waals surface area contributed by atoms with Crippen molar-refractivity contribution in [1.82, 2.24) is 20.1 Å². The quantitative estimate of drug-likeness (QED) is 0.612. The van der Waals surface area contributed by atoms with Crippen LogP contribution in [0.2, 0.25) is 0 Å². The molecule has 1 aliphatic carbocycles. The van der Waals surface area contributed by atoms with Gasteiger partial charge < -0.3 is 14.6 Å². The fourth-order valence-corrected chi connectivity index (χ4v) is 3.67. The first-order chi connectivity index (χ1) is 13.5. The number of aromatic nitrogens is 3. The molecule has 28 heavy (non-hydrogen) atoms. The largest absolute Gasteiger partial charge is 0.486 e. The highest BCUT2D eigenvalue weighted by molar-refractivity contribution is 8.00. The lowest BCUT2D eigenvalue weighted by atomic mass is 10.2. The minimum atomic E-state index is -0.203. The van der Waals surface area contributed by atoms with Crippen molar-refractivity contribution >= 4 is 17.7 Å². The van der Waals surface area contributed by atoms with Crippen molar-refractivity contribution in [3.05, 3.63) is 35.7 Å². The van der Waals surface area contributed by atoms with Gasteiger partial charge in [0.25, 0.3) is 0 Å². The van der Waals surface area contributed by atoms with Crippen molar-refractivity contribution in [2.24, 2.45) is 5.92 Å². The van der Waals surface area contributed by atoms with Crippen LogP contribution < -0.4 is 10.1 Å². The van der Waals surface area contributed by atoms with Crippen molar-refractivity contribution in [2.45, 2.75) is 76.6 Å². The van der Waals surface area contributed by atoms with E-state index >= 15 is 0 Å². The van der Waals surface area contributed by atoms with Gasteiger partial charge in [0.05, 0.1) is 5.25 Å². The maximum atomic E-state index is 12.3. The topological polar surface area (TPSA) is 69.0 Å². The normalized spacial score (nSPS) is 14.9. The standard InChI is InChI=1S/C21H30N4O2S/c1-5-16-6-10-18(11-7-16)27-13-19-23-24-21(25(19)12-14(2)3)28-15(4)20(26)22-17-8-9-17/h6-7,10-11,14-15,17H,5,8-9,12-13H2,1-4H3,(H,22,26). The van der Waals surface area contributed by atoms with E-state index in [1.54, 1.807) is 0 Å². The molecule has 3 rings (SSSR count). The summed E-state index contributed by atoms with van der Waals surface area (Å²) < 4.78 is 8.01. The Morgan fingerprint density at radius 3 is 2.57 bits per heavy atom. The zero-order valence-electron chi connectivity index (χ0n) is 17.1. The summed E-state index contributed by atoms with van der Waals surface area (Å²) in [6, 6.07) is 8.50. The van der Waals surface area contributed by atoms with E-state index in [0.717, 1.165) is 42.5 Å². The number of thioether (sulfide) groups is 1. The fourth-order valence-electron chi connectivity index (χ4n) is 2.79. The molecule has 1 aromatic carbocycles. The van der Waals surface area contributed by atoms with Crippen LogP contribution in [0.1, 0.15) is 51.9 Å². The molecule has 6 nitrogen and oxygen atoms in total. The highest BCUT2D eigenvalue weighted by atomic mass is 32.2. The lowest BCUT2D eigenvalue weighted by molar-refractivity contribution is -0.120. The van der Waals surface area contributed by atoms with Gasteiger partial charge in [-0.2, -0.15) is 0 Å². The molecule has 1 atom stereocenters. The molecule has 1 saturated carbocycles. The molecule has 1 heterocycles. The fraction of sp³-hybridized carbons (Fsp3) is 0.571. The zero-order chi connectivity index (χ0) is 20.1. The number of amides is 1. The Labute approximate surface area is 171 Å². The van der Waals surface area contributed by atoms with Crippen molar-refractivity contribution in [3.63, 3.8) is 0 Å². The highest BCUT2D eigenvalue weighted by Gasteiger charge is 2.27. The van der Waals surface area contributed by atoms with Gasteiger partial charge in [-0.15, -0.1) is 10.2 Å². The molecule has 0 bridgehead atoms. The second-order valence-electron chi connectivity index (χ2n) is 7.73. The number of rotatable bonds is 10. The maximum Gasteiger partial charge on any atom is 0.233 e. The summed E-state index contributed by atoms with van der Waals surface area (Å²) in [5.41, 5.74) is 1.28. The number of carbonyl (C=O) groups excluding carboxylic acids is 1. The number of benzene rings is 1. The zero-order valence-corrected chi connectivity index (χ0v) is 18.0. The highest BCUT2D eigenvalue weighted by Crippen LogP contribution is 2.26. The van der Waals surface area contributed by atoms with Crippen LogP contribution >= 0.6 is 11.8 Å². The Bertz CT molecular complexity index is 784. The Kier molecular flexibility index (Phi) is 6.99. The van der Waals surface area contributed by atoms with E-state index in [9.17, 15) is 4.79 Å². The van der Waals surface area contributed by atoms with Gasteiger partial charge in [0.15, 0.2) is 11.0 Å². The van der Waals surface area contributed by atoms with Gasteiger partial charge in [-0.3, -0.25) is 4.79 Å². The second kappa shape index (κ2) is 9.45. The number of nitrogens with one attached hydrogen (secondary N) is 1. The predicted octanol–water partition coefficient (Wildman–Crippen LogP) is 3.83. The molecule has 152 valence electrons. The lowest BCUT2D eigenvalue weighted by Gasteiger charge is -2.15. The van der Waals surface area contributed by atoms with Crippen LogP contribution in [0.25, 0.3) is 0 Å². The van der Waals surface area contributed by atoms with Gasteiger partial charge in [0.2, 0.25) is 5.91 Å². The summed E-state index contributed by atoms with van der Waals surface area (Å²) in [6.45, 7) is 9.52. The lowest BCUT2D eigenvalue weighted by Crippen LogP contribution is -2.32.